The third kappa shape index (κ3) is 4.02. The van der Waals surface area contributed by atoms with Gasteiger partial charge >= 0.3 is 0 Å². The lowest BCUT2D eigenvalue weighted by Gasteiger charge is -2.18. The molecule has 1 rings (SSSR count). The van der Waals surface area contributed by atoms with Crippen LogP contribution in [-0.4, -0.2) is 31.6 Å². The van der Waals surface area contributed by atoms with E-state index in [0.29, 0.717) is 0 Å². The molecule has 0 amide bonds. The number of nitrogens with zero attached hydrogens (tertiary/aromatic N) is 1. The molecule has 1 unspecified atom stereocenters. The number of benzene rings is 1. The minimum Gasteiger partial charge on any atom is -0.326 e. The highest BCUT2D eigenvalue weighted by molar-refractivity contribution is 5.30. The number of hydrogen-bond donors (Lipinski definition) is 1. The first kappa shape index (κ1) is 12.2. The zero-order valence-corrected chi connectivity index (χ0v) is 10.2. The minimum atomic E-state index is 0.224. The Balaban J connectivity index is 2.64. The third-order valence-electron chi connectivity index (χ3n) is 2.58. The molecular weight excluding hydrogens is 184 g/mol. The summed E-state index contributed by atoms with van der Waals surface area (Å²) in [4.78, 5) is 2.13. The van der Waals surface area contributed by atoms with Gasteiger partial charge in [-0.05, 0) is 45.5 Å². The van der Waals surface area contributed by atoms with E-state index in [0.717, 1.165) is 13.0 Å². The van der Waals surface area contributed by atoms with Crippen molar-refractivity contribution in [2.45, 2.75) is 26.3 Å². The maximum absolute atomic E-state index is 6.07. The van der Waals surface area contributed by atoms with Crippen LogP contribution in [0.1, 0.15) is 16.7 Å². The van der Waals surface area contributed by atoms with Crippen molar-refractivity contribution in [2.75, 3.05) is 20.6 Å². The van der Waals surface area contributed by atoms with Crippen molar-refractivity contribution in [1.29, 1.82) is 0 Å². The number of rotatable bonds is 4. The summed E-state index contributed by atoms with van der Waals surface area (Å²) in [6.07, 6.45) is 0.963. The van der Waals surface area contributed by atoms with Crippen LogP contribution in [0.2, 0.25) is 0 Å². The van der Waals surface area contributed by atoms with Crippen LogP contribution in [0, 0.1) is 13.8 Å². The Hall–Kier alpha value is -0.860. The van der Waals surface area contributed by atoms with E-state index in [1.807, 2.05) is 0 Å². The molecule has 0 bridgehead atoms. The van der Waals surface area contributed by atoms with Gasteiger partial charge in [0.25, 0.3) is 0 Å². The summed E-state index contributed by atoms with van der Waals surface area (Å²) in [5.74, 6) is 0. The van der Waals surface area contributed by atoms with Crippen LogP contribution < -0.4 is 5.73 Å². The van der Waals surface area contributed by atoms with E-state index in [4.69, 9.17) is 5.73 Å². The lowest BCUT2D eigenvalue weighted by atomic mass is 9.99. The van der Waals surface area contributed by atoms with Gasteiger partial charge in [0, 0.05) is 12.6 Å². The summed E-state index contributed by atoms with van der Waals surface area (Å²) >= 11 is 0. The zero-order valence-electron chi connectivity index (χ0n) is 10.2. The van der Waals surface area contributed by atoms with Crippen LogP contribution >= 0.6 is 0 Å². The number of nitrogens with two attached hydrogens (primary N) is 1. The molecule has 2 heteroatoms. The van der Waals surface area contributed by atoms with Gasteiger partial charge in [-0.3, -0.25) is 0 Å². The second kappa shape index (κ2) is 5.29. The average Bonchev–Trinajstić information content (AvgIpc) is 2.08. The fourth-order valence-corrected chi connectivity index (χ4v) is 1.89. The van der Waals surface area contributed by atoms with Crippen LogP contribution in [0.3, 0.4) is 0 Å². The van der Waals surface area contributed by atoms with Crippen LogP contribution in [0.4, 0.5) is 0 Å². The summed E-state index contributed by atoms with van der Waals surface area (Å²) < 4.78 is 0. The molecule has 0 heterocycles. The first-order valence-electron chi connectivity index (χ1n) is 5.45. The summed E-state index contributed by atoms with van der Waals surface area (Å²) in [5.41, 5.74) is 10.1. The Bertz CT molecular complexity index is 318. The van der Waals surface area contributed by atoms with Crippen LogP contribution in [0.5, 0.6) is 0 Å². The highest BCUT2D eigenvalue weighted by Gasteiger charge is 2.07. The van der Waals surface area contributed by atoms with E-state index in [2.05, 4.69) is 51.0 Å². The Morgan fingerprint density at radius 3 is 2.47 bits per heavy atom. The third-order valence-corrected chi connectivity index (χ3v) is 2.58. The minimum absolute atomic E-state index is 0.224. The quantitative estimate of drug-likeness (QED) is 0.813. The van der Waals surface area contributed by atoms with Crippen molar-refractivity contribution >= 4 is 0 Å². The van der Waals surface area contributed by atoms with E-state index in [9.17, 15) is 0 Å². The van der Waals surface area contributed by atoms with E-state index in [1.54, 1.807) is 0 Å². The van der Waals surface area contributed by atoms with Crippen molar-refractivity contribution in [2.24, 2.45) is 5.73 Å². The lowest BCUT2D eigenvalue weighted by Crippen LogP contribution is -2.35. The number of likely N-dealkylation sites (N-methyl/N-ethyl adjacent to an activating group) is 1. The molecule has 2 nitrogen and oxygen atoms in total. The van der Waals surface area contributed by atoms with Crippen LogP contribution in [0.25, 0.3) is 0 Å². The molecule has 0 radical (unpaired) electrons. The fraction of sp³-hybridized carbons (Fsp3) is 0.538. The number of hydrogen-bond acceptors (Lipinski definition) is 2. The second-order valence-corrected chi connectivity index (χ2v) is 4.66. The predicted molar refractivity (Wildman–Crippen MR) is 66.1 cm³/mol. The second-order valence-electron chi connectivity index (χ2n) is 4.66. The van der Waals surface area contributed by atoms with Crippen molar-refractivity contribution in [1.82, 2.24) is 4.90 Å². The van der Waals surface area contributed by atoms with Gasteiger partial charge in [0.15, 0.2) is 0 Å². The van der Waals surface area contributed by atoms with Crippen molar-refractivity contribution in [3.05, 3.63) is 34.9 Å². The van der Waals surface area contributed by atoms with Gasteiger partial charge in [-0.2, -0.15) is 0 Å². The molecule has 0 aliphatic heterocycles. The summed E-state index contributed by atoms with van der Waals surface area (Å²) in [5, 5.41) is 0. The standard InChI is InChI=1S/C13H22N2/c1-10-5-6-12(11(2)7-10)8-13(14)9-15(3)4/h5-7,13H,8-9,14H2,1-4H3. The molecule has 0 aliphatic rings. The van der Waals surface area contributed by atoms with E-state index in [1.165, 1.54) is 16.7 Å². The van der Waals surface area contributed by atoms with Crippen LogP contribution in [-0.2, 0) is 6.42 Å². The molecule has 1 aromatic rings. The maximum Gasteiger partial charge on any atom is 0.0208 e. The highest BCUT2D eigenvalue weighted by Crippen LogP contribution is 2.12. The Morgan fingerprint density at radius 1 is 1.27 bits per heavy atom. The largest absolute Gasteiger partial charge is 0.326 e. The van der Waals surface area contributed by atoms with Gasteiger partial charge in [-0.1, -0.05) is 23.8 Å². The average molecular weight is 206 g/mol. The highest BCUT2D eigenvalue weighted by atomic mass is 15.1. The summed E-state index contributed by atoms with van der Waals surface area (Å²) in [7, 11) is 4.11. The monoisotopic (exact) mass is 206 g/mol. The molecule has 0 spiro atoms. The number of aryl methyl sites for hydroxylation is 2. The molecule has 84 valence electrons. The molecule has 1 atom stereocenters. The van der Waals surface area contributed by atoms with Gasteiger partial charge in [0.2, 0.25) is 0 Å². The SMILES string of the molecule is Cc1ccc(CC(N)CN(C)C)c(C)c1. The molecule has 0 fully saturated rings. The normalized spacial score (nSPS) is 13.2. The zero-order chi connectivity index (χ0) is 11.4. The molecular formula is C13H22N2. The van der Waals surface area contributed by atoms with Crippen molar-refractivity contribution in [3.63, 3.8) is 0 Å². The molecule has 0 aromatic heterocycles. The van der Waals surface area contributed by atoms with E-state index in [-0.39, 0.29) is 6.04 Å². The van der Waals surface area contributed by atoms with Gasteiger partial charge in [0.1, 0.15) is 0 Å². The maximum atomic E-state index is 6.07. The van der Waals surface area contributed by atoms with Gasteiger partial charge in [-0.15, -0.1) is 0 Å². The first-order chi connectivity index (χ1) is 6.99. The van der Waals surface area contributed by atoms with Gasteiger partial charge in [-0.25, -0.2) is 0 Å². The topological polar surface area (TPSA) is 29.3 Å². The van der Waals surface area contributed by atoms with Gasteiger partial charge in [0.05, 0.1) is 0 Å². The lowest BCUT2D eigenvalue weighted by molar-refractivity contribution is 0.371. The summed E-state index contributed by atoms with van der Waals surface area (Å²) in [6, 6.07) is 6.80. The van der Waals surface area contributed by atoms with E-state index >= 15 is 0 Å². The van der Waals surface area contributed by atoms with Crippen molar-refractivity contribution < 1.29 is 0 Å². The van der Waals surface area contributed by atoms with Gasteiger partial charge < -0.3 is 10.6 Å². The molecule has 0 saturated carbocycles. The van der Waals surface area contributed by atoms with Crippen LogP contribution in [0.15, 0.2) is 18.2 Å². The Labute approximate surface area is 93.1 Å². The molecule has 1 aromatic carbocycles. The van der Waals surface area contributed by atoms with E-state index < -0.39 is 0 Å². The first-order valence-corrected chi connectivity index (χ1v) is 5.45. The summed E-state index contributed by atoms with van der Waals surface area (Å²) in [6.45, 7) is 5.22. The Morgan fingerprint density at radius 2 is 1.93 bits per heavy atom. The predicted octanol–water partition coefficient (Wildman–Crippen LogP) is 1.73. The van der Waals surface area contributed by atoms with Crippen molar-refractivity contribution in [3.8, 4) is 0 Å². The molecule has 2 N–H and O–H groups in total. The Kier molecular flexibility index (Phi) is 4.30. The molecule has 0 saturated heterocycles. The molecule has 15 heavy (non-hydrogen) atoms. The molecule has 0 aliphatic carbocycles. The smallest absolute Gasteiger partial charge is 0.0208 e. The fourth-order valence-electron chi connectivity index (χ4n) is 1.89.